The summed E-state index contributed by atoms with van der Waals surface area (Å²) in [5.41, 5.74) is 5.15. The predicted octanol–water partition coefficient (Wildman–Crippen LogP) is 3.30. The molecular formula is C17H17BrN2O3. The first-order valence-corrected chi connectivity index (χ1v) is 7.76. The summed E-state index contributed by atoms with van der Waals surface area (Å²) >= 11 is 3.33. The number of hydrogen-bond acceptors (Lipinski definition) is 4. The summed E-state index contributed by atoms with van der Waals surface area (Å²) in [5.74, 6) is 0.442. The average Bonchev–Trinajstić information content (AvgIpc) is 2.52. The van der Waals surface area contributed by atoms with Crippen molar-refractivity contribution in [1.82, 2.24) is 5.43 Å². The van der Waals surface area contributed by atoms with Gasteiger partial charge >= 0.3 is 0 Å². The molecule has 0 radical (unpaired) electrons. The summed E-state index contributed by atoms with van der Waals surface area (Å²) in [6, 6.07) is 10.5. The second-order valence-corrected chi connectivity index (χ2v) is 5.84. The zero-order valence-corrected chi connectivity index (χ0v) is 14.4. The van der Waals surface area contributed by atoms with E-state index in [1.54, 1.807) is 12.1 Å². The summed E-state index contributed by atoms with van der Waals surface area (Å²) in [6.07, 6.45) is 1.44. The summed E-state index contributed by atoms with van der Waals surface area (Å²) in [4.78, 5) is 11.7. The minimum Gasteiger partial charge on any atom is -0.508 e. The molecule has 23 heavy (non-hydrogen) atoms. The first kappa shape index (κ1) is 17.0. The van der Waals surface area contributed by atoms with Gasteiger partial charge in [0.15, 0.2) is 6.61 Å². The SMILES string of the molecule is Cc1cccc(OCC(=O)N/N=C/c2cc(O)ccc2Br)c1C. The Morgan fingerprint density at radius 1 is 1.35 bits per heavy atom. The van der Waals surface area contributed by atoms with Crippen molar-refractivity contribution in [2.75, 3.05) is 6.61 Å². The third kappa shape index (κ3) is 4.82. The topological polar surface area (TPSA) is 70.9 Å². The third-order valence-corrected chi connectivity index (χ3v) is 4.01. The lowest BCUT2D eigenvalue weighted by atomic mass is 10.1. The van der Waals surface area contributed by atoms with Crippen LogP contribution in [0.3, 0.4) is 0 Å². The number of hydrazone groups is 1. The molecule has 120 valence electrons. The zero-order chi connectivity index (χ0) is 16.8. The molecule has 0 atom stereocenters. The van der Waals surface area contributed by atoms with Crippen molar-refractivity contribution in [3.63, 3.8) is 0 Å². The van der Waals surface area contributed by atoms with E-state index in [0.717, 1.165) is 15.6 Å². The molecule has 0 bridgehead atoms. The van der Waals surface area contributed by atoms with Crippen LogP contribution in [0.5, 0.6) is 11.5 Å². The van der Waals surface area contributed by atoms with Gasteiger partial charge in [0.1, 0.15) is 11.5 Å². The van der Waals surface area contributed by atoms with E-state index in [4.69, 9.17) is 4.74 Å². The van der Waals surface area contributed by atoms with E-state index in [2.05, 4.69) is 26.5 Å². The number of nitrogens with zero attached hydrogens (tertiary/aromatic N) is 1. The quantitative estimate of drug-likeness (QED) is 0.621. The highest BCUT2D eigenvalue weighted by Crippen LogP contribution is 2.21. The number of aryl methyl sites for hydroxylation is 1. The Morgan fingerprint density at radius 2 is 2.13 bits per heavy atom. The molecule has 0 saturated heterocycles. The summed E-state index contributed by atoms with van der Waals surface area (Å²) < 4.78 is 6.25. The Bertz CT molecular complexity index is 745. The van der Waals surface area contributed by atoms with Crippen LogP contribution in [-0.4, -0.2) is 23.8 Å². The lowest BCUT2D eigenvalue weighted by molar-refractivity contribution is -0.123. The van der Waals surface area contributed by atoms with Crippen molar-refractivity contribution in [1.29, 1.82) is 0 Å². The van der Waals surface area contributed by atoms with Crippen LogP contribution in [0.1, 0.15) is 16.7 Å². The van der Waals surface area contributed by atoms with E-state index in [9.17, 15) is 9.90 Å². The number of hydrogen-bond donors (Lipinski definition) is 2. The van der Waals surface area contributed by atoms with Gasteiger partial charge in [-0.05, 0) is 49.2 Å². The van der Waals surface area contributed by atoms with Crippen LogP contribution in [0.15, 0.2) is 46.0 Å². The molecule has 2 rings (SSSR count). The number of carbonyl (C=O) groups excluding carboxylic acids is 1. The maximum Gasteiger partial charge on any atom is 0.277 e. The second kappa shape index (κ2) is 7.78. The Labute approximate surface area is 143 Å². The van der Waals surface area contributed by atoms with Crippen molar-refractivity contribution in [2.45, 2.75) is 13.8 Å². The van der Waals surface area contributed by atoms with Gasteiger partial charge in [-0.3, -0.25) is 4.79 Å². The zero-order valence-electron chi connectivity index (χ0n) is 12.8. The van der Waals surface area contributed by atoms with E-state index in [0.29, 0.717) is 11.3 Å². The number of nitrogens with one attached hydrogen (secondary N) is 1. The standard InChI is InChI=1S/C17H17BrN2O3/c1-11-4-3-5-16(12(11)2)23-10-17(22)20-19-9-13-8-14(21)6-7-15(13)18/h3-9,21H,10H2,1-2H3,(H,20,22)/b19-9+. The highest BCUT2D eigenvalue weighted by atomic mass is 79.9. The van der Waals surface area contributed by atoms with E-state index in [-0.39, 0.29) is 18.3 Å². The molecule has 0 aliphatic rings. The van der Waals surface area contributed by atoms with Gasteiger partial charge in [0.25, 0.3) is 5.91 Å². The fourth-order valence-corrected chi connectivity index (χ4v) is 2.21. The van der Waals surface area contributed by atoms with Gasteiger partial charge in [0.05, 0.1) is 6.21 Å². The van der Waals surface area contributed by atoms with Crippen LogP contribution in [-0.2, 0) is 4.79 Å². The Kier molecular flexibility index (Phi) is 5.76. The summed E-state index contributed by atoms with van der Waals surface area (Å²) in [5, 5.41) is 13.3. The highest BCUT2D eigenvalue weighted by molar-refractivity contribution is 9.10. The monoisotopic (exact) mass is 376 g/mol. The van der Waals surface area contributed by atoms with Gasteiger partial charge in [-0.2, -0.15) is 5.10 Å². The van der Waals surface area contributed by atoms with Crippen LogP contribution in [0, 0.1) is 13.8 Å². The number of halogens is 1. The first-order chi connectivity index (χ1) is 11.0. The lowest BCUT2D eigenvalue weighted by Gasteiger charge is -2.09. The fraction of sp³-hybridized carbons (Fsp3) is 0.176. The summed E-state index contributed by atoms with van der Waals surface area (Å²) in [6.45, 7) is 3.81. The van der Waals surface area contributed by atoms with Crippen molar-refractivity contribution in [3.8, 4) is 11.5 Å². The molecule has 0 aromatic heterocycles. The number of phenols is 1. The van der Waals surface area contributed by atoms with Gasteiger partial charge in [0.2, 0.25) is 0 Å². The number of amides is 1. The molecule has 0 unspecified atom stereocenters. The van der Waals surface area contributed by atoms with E-state index in [1.165, 1.54) is 12.3 Å². The molecule has 2 N–H and O–H groups in total. The van der Waals surface area contributed by atoms with Crippen LogP contribution in [0.4, 0.5) is 0 Å². The number of aromatic hydroxyl groups is 1. The minimum absolute atomic E-state index is 0.122. The van der Waals surface area contributed by atoms with Crippen molar-refractivity contribution < 1.29 is 14.6 Å². The van der Waals surface area contributed by atoms with E-state index in [1.807, 2.05) is 32.0 Å². The van der Waals surface area contributed by atoms with Crippen molar-refractivity contribution >= 4 is 28.1 Å². The number of carbonyl (C=O) groups is 1. The number of ether oxygens (including phenoxy) is 1. The smallest absolute Gasteiger partial charge is 0.277 e. The van der Waals surface area contributed by atoms with E-state index < -0.39 is 0 Å². The molecule has 0 saturated carbocycles. The second-order valence-electron chi connectivity index (χ2n) is 4.99. The predicted molar refractivity (Wildman–Crippen MR) is 93.0 cm³/mol. The lowest BCUT2D eigenvalue weighted by Crippen LogP contribution is -2.24. The normalized spacial score (nSPS) is 10.7. The Morgan fingerprint density at radius 3 is 2.91 bits per heavy atom. The molecule has 2 aromatic rings. The highest BCUT2D eigenvalue weighted by Gasteiger charge is 2.05. The maximum atomic E-state index is 11.7. The van der Waals surface area contributed by atoms with Gasteiger partial charge in [0, 0.05) is 10.0 Å². The molecule has 0 aliphatic carbocycles. The van der Waals surface area contributed by atoms with Crippen LogP contribution >= 0.6 is 15.9 Å². The Hall–Kier alpha value is -2.34. The van der Waals surface area contributed by atoms with Gasteiger partial charge < -0.3 is 9.84 Å². The molecule has 0 spiro atoms. The minimum atomic E-state index is -0.363. The molecule has 1 amide bonds. The molecule has 6 heteroatoms. The van der Waals surface area contributed by atoms with Crippen LogP contribution in [0.2, 0.25) is 0 Å². The van der Waals surface area contributed by atoms with E-state index >= 15 is 0 Å². The first-order valence-electron chi connectivity index (χ1n) is 6.97. The molecule has 5 nitrogen and oxygen atoms in total. The largest absolute Gasteiger partial charge is 0.508 e. The Balaban J connectivity index is 1.89. The number of benzene rings is 2. The molecular weight excluding hydrogens is 360 g/mol. The average molecular weight is 377 g/mol. The van der Waals surface area contributed by atoms with Gasteiger partial charge in [-0.15, -0.1) is 0 Å². The summed E-state index contributed by atoms with van der Waals surface area (Å²) in [7, 11) is 0. The molecule has 0 aliphatic heterocycles. The molecule has 2 aromatic carbocycles. The fourth-order valence-electron chi connectivity index (χ4n) is 1.86. The van der Waals surface area contributed by atoms with Crippen LogP contribution < -0.4 is 10.2 Å². The number of phenolic OH excluding ortho intramolecular Hbond substituents is 1. The van der Waals surface area contributed by atoms with Crippen molar-refractivity contribution in [3.05, 3.63) is 57.6 Å². The number of rotatable bonds is 5. The van der Waals surface area contributed by atoms with Gasteiger partial charge in [-0.25, -0.2) is 5.43 Å². The van der Waals surface area contributed by atoms with Crippen molar-refractivity contribution in [2.24, 2.45) is 5.10 Å². The maximum absolute atomic E-state index is 11.7. The molecule has 0 fully saturated rings. The van der Waals surface area contributed by atoms with Crippen LogP contribution in [0.25, 0.3) is 0 Å². The third-order valence-electron chi connectivity index (χ3n) is 3.29. The van der Waals surface area contributed by atoms with Gasteiger partial charge in [-0.1, -0.05) is 28.1 Å². The molecule has 0 heterocycles.